The molecule has 1 heterocycles. The van der Waals surface area contributed by atoms with Gasteiger partial charge in [0.15, 0.2) is 0 Å². The van der Waals surface area contributed by atoms with Crippen LogP contribution in [0.1, 0.15) is 38.7 Å². The molecule has 1 aromatic rings. The molecule has 0 spiro atoms. The third-order valence-electron chi connectivity index (χ3n) is 5.23. The molecule has 2 nitrogen and oxygen atoms in total. The topological polar surface area (TPSA) is 15.3 Å². The van der Waals surface area contributed by atoms with Crippen LogP contribution in [0.3, 0.4) is 0 Å². The molecule has 1 aliphatic heterocycles. The zero-order valence-electron chi connectivity index (χ0n) is 12.8. The van der Waals surface area contributed by atoms with Gasteiger partial charge in [-0.05, 0) is 55.9 Å². The van der Waals surface area contributed by atoms with Crippen LogP contribution >= 0.6 is 11.6 Å². The highest BCUT2D eigenvalue weighted by Crippen LogP contribution is 2.44. The van der Waals surface area contributed by atoms with Crippen molar-refractivity contribution in [3.63, 3.8) is 0 Å². The standard InChI is InChI=1S/C17H24ClFN2/c1-3-15-10-21(17(2,11-20-15)13-4-5-13)9-12-8-14(19)6-7-16(12)18/h6-8,13,15,20H,3-5,9-11H2,1-2H3. The Morgan fingerprint density at radius 3 is 2.86 bits per heavy atom. The van der Waals surface area contributed by atoms with Gasteiger partial charge in [0.05, 0.1) is 0 Å². The normalized spacial score (nSPS) is 30.6. The van der Waals surface area contributed by atoms with Crippen LogP contribution in [0.4, 0.5) is 4.39 Å². The summed E-state index contributed by atoms with van der Waals surface area (Å²) in [7, 11) is 0. The molecule has 2 unspecified atom stereocenters. The minimum atomic E-state index is -0.204. The van der Waals surface area contributed by atoms with Gasteiger partial charge in [0.25, 0.3) is 0 Å². The highest BCUT2D eigenvalue weighted by molar-refractivity contribution is 6.31. The number of rotatable bonds is 4. The van der Waals surface area contributed by atoms with Gasteiger partial charge in [0.2, 0.25) is 0 Å². The van der Waals surface area contributed by atoms with Gasteiger partial charge in [0.1, 0.15) is 5.82 Å². The number of hydrogen-bond donors (Lipinski definition) is 1. The first-order chi connectivity index (χ1) is 10.0. The van der Waals surface area contributed by atoms with E-state index in [0.29, 0.717) is 11.1 Å². The monoisotopic (exact) mass is 310 g/mol. The highest BCUT2D eigenvalue weighted by atomic mass is 35.5. The minimum Gasteiger partial charge on any atom is -0.311 e. The van der Waals surface area contributed by atoms with Crippen LogP contribution in [-0.2, 0) is 6.54 Å². The van der Waals surface area contributed by atoms with Gasteiger partial charge in [-0.1, -0.05) is 18.5 Å². The zero-order valence-corrected chi connectivity index (χ0v) is 13.6. The van der Waals surface area contributed by atoms with Crippen molar-refractivity contribution in [2.24, 2.45) is 5.92 Å². The van der Waals surface area contributed by atoms with E-state index in [9.17, 15) is 4.39 Å². The quantitative estimate of drug-likeness (QED) is 0.909. The Balaban J connectivity index is 1.83. The third kappa shape index (κ3) is 3.10. The lowest BCUT2D eigenvalue weighted by Gasteiger charge is -2.49. The summed E-state index contributed by atoms with van der Waals surface area (Å²) in [4.78, 5) is 2.52. The second-order valence-electron chi connectivity index (χ2n) is 6.73. The van der Waals surface area contributed by atoms with E-state index in [-0.39, 0.29) is 11.4 Å². The molecule has 1 saturated heterocycles. The van der Waals surface area contributed by atoms with Crippen molar-refractivity contribution in [2.45, 2.75) is 51.2 Å². The summed E-state index contributed by atoms with van der Waals surface area (Å²) < 4.78 is 13.5. The van der Waals surface area contributed by atoms with E-state index in [1.165, 1.54) is 18.9 Å². The number of hydrogen-bond acceptors (Lipinski definition) is 2. The summed E-state index contributed by atoms with van der Waals surface area (Å²) in [5, 5.41) is 4.34. The lowest BCUT2D eigenvalue weighted by Crippen LogP contribution is -2.63. The van der Waals surface area contributed by atoms with Crippen molar-refractivity contribution >= 4 is 11.6 Å². The van der Waals surface area contributed by atoms with E-state index in [1.54, 1.807) is 12.1 Å². The SMILES string of the molecule is CCC1CN(Cc2cc(F)ccc2Cl)C(C)(C2CC2)CN1. The molecule has 0 amide bonds. The number of halogens is 2. The Morgan fingerprint density at radius 2 is 2.19 bits per heavy atom. The molecule has 0 aromatic heterocycles. The molecule has 116 valence electrons. The summed E-state index contributed by atoms with van der Waals surface area (Å²) in [6.45, 7) is 7.32. The Bertz CT molecular complexity index is 518. The lowest BCUT2D eigenvalue weighted by molar-refractivity contribution is 0.0270. The van der Waals surface area contributed by atoms with Crippen LogP contribution in [0.2, 0.25) is 5.02 Å². The van der Waals surface area contributed by atoms with Crippen molar-refractivity contribution in [3.05, 3.63) is 34.6 Å². The van der Waals surface area contributed by atoms with Gasteiger partial charge >= 0.3 is 0 Å². The first-order valence-electron chi connectivity index (χ1n) is 7.95. The molecule has 21 heavy (non-hydrogen) atoms. The second-order valence-corrected chi connectivity index (χ2v) is 7.14. The highest BCUT2D eigenvalue weighted by Gasteiger charge is 2.48. The average molecular weight is 311 g/mol. The summed E-state index contributed by atoms with van der Waals surface area (Å²) in [5.41, 5.74) is 1.07. The van der Waals surface area contributed by atoms with Gasteiger partial charge in [0, 0.05) is 36.2 Å². The van der Waals surface area contributed by atoms with Gasteiger partial charge in [-0.15, -0.1) is 0 Å². The minimum absolute atomic E-state index is 0.168. The summed E-state index contributed by atoms with van der Waals surface area (Å²) in [6, 6.07) is 5.20. The molecule has 1 N–H and O–H groups in total. The average Bonchev–Trinajstić information content (AvgIpc) is 3.30. The van der Waals surface area contributed by atoms with Crippen LogP contribution in [0.15, 0.2) is 18.2 Å². The smallest absolute Gasteiger partial charge is 0.123 e. The van der Waals surface area contributed by atoms with E-state index in [2.05, 4.69) is 24.1 Å². The maximum Gasteiger partial charge on any atom is 0.123 e. The fourth-order valence-corrected chi connectivity index (χ4v) is 3.68. The molecule has 2 fully saturated rings. The summed E-state index contributed by atoms with van der Waals surface area (Å²) in [5.74, 6) is 0.555. The fraction of sp³-hybridized carbons (Fsp3) is 0.647. The predicted molar refractivity (Wildman–Crippen MR) is 85.0 cm³/mol. The fourth-order valence-electron chi connectivity index (χ4n) is 3.50. The van der Waals surface area contributed by atoms with E-state index >= 15 is 0 Å². The van der Waals surface area contributed by atoms with Crippen molar-refractivity contribution in [1.82, 2.24) is 10.2 Å². The molecule has 1 saturated carbocycles. The van der Waals surface area contributed by atoms with Crippen LogP contribution in [0, 0.1) is 11.7 Å². The molecule has 4 heteroatoms. The van der Waals surface area contributed by atoms with Crippen molar-refractivity contribution in [3.8, 4) is 0 Å². The number of piperazine rings is 1. The van der Waals surface area contributed by atoms with Crippen LogP contribution in [0.25, 0.3) is 0 Å². The maximum atomic E-state index is 13.5. The molecule has 1 aromatic carbocycles. The summed E-state index contributed by atoms with van der Waals surface area (Å²) in [6.07, 6.45) is 3.73. The Kier molecular flexibility index (Phi) is 4.26. The van der Waals surface area contributed by atoms with E-state index in [4.69, 9.17) is 11.6 Å². The maximum absolute atomic E-state index is 13.5. The van der Waals surface area contributed by atoms with Crippen LogP contribution < -0.4 is 5.32 Å². The van der Waals surface area contributed by atoms with Gasteiger partial charge < -0.3 is 5.32 Å². The lowest BCUT2D eigenvalue weighted by atomic mass is 9.88. The Labute approximate surface area is 131 Å². The van der Waals surface area contributed by atoms with Crippen LogP contribution in [-0.4, -0.2) is 29.6 Å². The van der Waals surface area contributed by atoms with Crippen molar-refractivity contribution < 1.29 is 4.39 Å². The van der Waals surface area contributed by atoms with Gasteiger partial charge in [-0.3, -0.25) is 4.90 Å². The second kappa shape index (κ2) is 5.86. The molecular formula is C17H24ClFN2. The first-order valence-corrected chi connectivity index (χ1v) is 8.33. The molecular weight excluding hydrogens is 287 g/mol. The molecule has 3 rings (SSSR count). The number of benzene rings is 1. The molecule has 1 aliphatic carbocycles. The molecule has 2 aliphatic rings. The summed E-state index contributed by atoms with van der Waals surface area (Å²) >= 11 is 6.27. The van der Waals surface area contributed by atoms with Crippen molar-refractivity contribution in [1.29, 1.82) is 0 Å². The first kappa shape index (κ1) is 15.3. The Morgan fingerprint density at radius 1 is 1.43 bits per heavy atom. The molecule has 0 bridgehead atoms. The van der Waals surface area contributed by atoms with E-state index < -0.39 is 0 Å². The number of nitrogens with zero attached hydrogens (tertiary/aromatic N) is 1. The molecule has 2 atom stereocenters. The van der Waals surface area contributed by atoms with E-state index in [1.807, 2.05) is 0 Å². The van der Waals surface area contributed by atoms with E-state index in [0.717, 1.165) is 37.5 Å². The van der Waals surface area contributed by atoms with Crippen LogP contribution in [0.5, 0.6) is 0 Å². The Hall–Kier alpha value is -0.640. The third-order valence-corrected chi connectivity index (χ3v) is 5.60. The van der Waals surface area contributed by atoms with Gasteiger partial charge in [-0.2, -0.15) is 0 Å². The largest absolute Gasteiger partial charge is 0.311 e. The number of nitrogens with one attached hydrogen (secondary N) is 1. The molecule has 0 radical (unpaired) electrons. The van der Waals surface area contributed by atoms with Gasteiger partial charge in [-0.25, -0.2) is 4.39 Å². The predicted octanol–water partition coefficient (Wildman–Crippen LogP) is 3.83. The van der Waals surface area contributed by atoms with Crippen molar-refractivity contribution in [2.75, 3.05) is 13.1 Å². The zero-order chi connectivity index (χ0) is 15.0.